The van der Waals surface area contributed by atoms with E-state index < -0.39 is 22.5 Å². The molecular formula is C20H22F2N4OS2. The van der Waals surface area contributed by atoms with Crippen molar-refractivity contribution in [2.75, 3.05) is 0 Å². The van der Waals surface area contributed by atoms with Crippen LogP contribution in [0, 0.1) is 11.6 Å². The largest absolute Gasteiger partial charge is 0.382 e. The van der Waals surface area contributed by atoms with Crippen LogP contribution in [0.1, 0.15) is 25.0 Å². The van der Waals surface area contributed by atoms with E-state index in [2.05, 4.69) is 22.0 Å². The minimum Gasteiger partial charge on any atom is -0.382 e. The van der Waals surface area contributed by atoms with E-state index in [0.717, 1.165) is 18.6 Å². The number of benzene rings is 1. The van der Waals surface area contributed by atoms with E-state index in [4.69, 9.17) is 0 Å². The molecule has 5 nitrogen and oxygen atoms in total. The first-order valence-electron chi connectivity index (χ1n) is 9.10. The van der Waals surface area contributed by atoms with Gasteiger partial charge < -0.3 is 5.11 Å². The molecule has 29 heavy (non-hydrogen) atoms. The number of pyridine rings is 1. The Kier molecular flexibility index (Phi) is 7.26. The summed E-state index contributed by atoms with van der Waals surface area (Å²) in [4.78, 5) is 7.91. The molecule has 0 spiro atoms. The summed E-state index contributed by atoms with van der Waals surface area (Å²) in [6.45, 7) is 3.93. The second-order valence-electron chi connectivity index (χ2n) is 6.85. The Labute approximate surface area is 176 Å². The summed E-state index contributed by atoms with van der Waals surface area (Å²) in [5.41, 5.74) is -0.382. The molecule has 0 saturated carbocycles. The third kappa shape index (κ3) is 5.55. The molecule has 1 unspecified atom stereocenters. The van der Waals surface area contributed by atoms with Crippen LogP contribution >= 0.6 is 21.6 Å². The van der Waals surface area contributed by atoms with Gasteiger partial charge in [-0.05, 0) is 37.1 Å². The highest BCUT2D eigenvalue weighted by Gasteiger charge is 2.40. The van der Waals surface area contributed by atoms with E-state index >= 15 is 0 Å². The van der Waals surface area contributed by atoms with Crippen molar-refractivity contribution in [3.8, 4) is 0 Å². The lowest BCUT2D eigenvalue weighted by atomic mass is 9.90. The number of aromatic nitrogens is 4. The Morgan fingerprint density at radius 3 is 2.52 bits per heavy atom. The molecule has 2 aromatic heterocycles. The quantitative estimate of drug-likeness (QED) is 0.506. The average Bonchev–Trinajstić information content (AvgIpc) is 3.19. The molecule has 1 aromatic carbocycles. The summed E-state index contributed by atoms with van der Waals surface area (Å²) in [6, 6.07) is 7.18. The molecule has 3 rings (SSSR count). The summed E-state index contributed by atoms with van der Waals surface area (Å²) in [6.07, 6.45) is 7.18. The fourth-order valence-corrected chi connectivity index (χ4v) is 5.71. The standard InChI is InChI=1S/C20H22F2N4OS2/c1-14(9-16-5-7-23-8-6-16)28-29-15(2)20(27,11-26-13-24-12-25-26)18-4-3-17(21)10-19(18)22/h3-8,10,12-15,27H,9,11H2,1-2H3/t14?,15-,20-/m1/s1. The average molecular weight is 437 g/mol. The van der Waals surface area contributed by atoms with Crippen molar-refractivity contribution in [1.82, 2.24) is 19.7 Å². The molecule has 0 aliphatic carbocycles. The first kappa shape index (κ1) is 21.7. The molecule has 0 fully saturated rings. The highest BCUT2D eigenvalue weighted by atomic mass is 33.1. The molecular weight excluding hydrogens is 414 g/mol. The predicted octanol–water partition coefficient (Wildman–Crippen LogP) is 4.24. The van der Waals surface area contributed by atoms with E-state index in [1.165, 1.54) is 39.8 Å². The summed E-state index contributed by atoms with van der Waals surface area (Å²) >= 11 is 0. The van der Waals surface area contributed by atoms with Crippen molar-refractivity contribution < 1.29 is 13.9 Å². The Hall–Kier alpha value is -1.97. The molecule has 0 bridgehead atoms. The normalized spacial score (nSPS) is 15.6. The number of aliphatic hydroxyl groups is 1. The SMILES string of the molecule is CC(Cc1ccncc1)SS[C@H](C)[C@](O)(Cn1cncn1)c1ccc(F)cc1F. The zero-order valence-corrected chi connectivity index (χ0v) is 17.7. The van der Waals surface area contributed by atoms with Gasteiger partial charge in [0.2, 0.25) is 0 Å². The molecule has 3 atom stereocenters. The van der Waals surface area contributed by atoms with Gasteiger partial charge in [-0.1, -0.05) is 34.6 Å². The van der Waals surface area contributed by atoms with Crippen LogP contribution in [0.2, 0.25) is 0 Å². The maximum atomic E-state index is 14.6. The summed E-state index contributed by atoms with van der Waals surface area (Å²) in [7, 11) is 3.09. The highest BCUT2D eigenvalue weighted by Crippen LogP contribution is 2.42. The number of hydrogen-bond donors (Lipinski definition) is 1. The van der Waals surface area contributed by atoms with Gasteiger partial charge in [0.1, 0.15) is 29.9 Å². The van der Waals surface area contributed by atoms with Crippen LogP contribution in [0.25, 0.3) is 0 Å². The van der Waals surface area contributed by atoms with Crippen molar-refractivity contribution >= 4 is 21.6 Å². The minimum atomic E-state index is -1.60. The van der Waals surface area contributed by atoms with Crippen molar-refractivity contribution in [3.05, 3.63) is 78.1 Å². The van der Waals surface area contributed by atoms with Crippen molar-refractivity contribution in [2.24, 2.45) is 0 Å². The van der Waals surface area contributed by atoms with Gasteiger partial charge in [-0.15, -0.1) is 0 Å². The van der Waals surface area contributed by atoms with Crippen LogP contribution in [0.3, 0.4) is 0 Å². The number of rotatable bonds is 9. The molecule has 0 aliphatic rings. The summed E-state index contributed by atoms with van der Waals surface area (Å²) in [5, 5.41) is 15.4. The molecule has 0 saturated heterocycles. The lowest BCUT2D eigenvalue weighted by Gasteiger charge is -2.34. The molecule has 9 heteroatoms. The first-order valence-corrected chi connectivity index (χ1v) is 11.4. The van der Waals surface area contributed by atoms with Crippen LogP contribution in [-0.4, -0.2) is 35.4 Å². The first-order chi connectivity index (χ1) is 13.9. The third-order valence-electron chi connectivity index (χ3n) is 4.58. The molecule has 1 N–H and O–H groups in total. The van der Waals surface area contributed by atoms with Crippen LogP contribution in [0.5, 0.6) is 0 Å². The molecule has 154 valence electrons. The number of halogens is 2. The van der Waals surface area contributed by atoms with E-state index in [9.17, 15) is 13.9 Å². The third-order valence-corrected chi connectivity index (χ3v) is 8.05. The van der Waals surface area contributed by atoms with Gasteiger partial charge in [0.05, 0.1) is 6.54 Å². The van der Waals surface area contributed by atoms with Crippen molar-refractivity contribution in [1.29, 1.82) is 0 Å². The second kappa shape index (κ2) is 9.69. The lowest BCUT2D eigenvalue weighted by Crippen LogP contribution is -2.41. The Morgan fingerprint density at radius 2 is 1.86 bits per heavy atom. The maximum absolute atomic E-state index is 14.6. The van der Waals surface area contributed by atoms with Gasteiger partial charge in [-0.3, -0.25) is 4.98 Å². The van der Waals surface area contributed by atoms with Gasteiger partial charge in [0.15, 0.2) is 0 Å². The summed E-state index contributed by atoms with van der Waals surface area (Å²) < 4.78 is 29.4. The van der Waals surface area contributed by atoms with E-state index in [0.29, 0.717) is 0 Å². The second-order valence-corrected chi connectivity index (χ2v) is 9.90. The zero-order valence-electron chi connectivity index (χ0n) is 16.1. The smallest absolute Gasteiger partial charge is 0.137 e. The van der Waals surface area contributed by atoms with Crippen LogP contribution < -0.4 is 0 Å². The molecule has 0 aliphatic heterocycles. The topological polar surface area (TPSA) is 63.8 Å². The Bertz CT molecular complexity index is 914. The molecule has 0 radical (unpaired) electrons. The van der Waals surface area contributed by atoms with Crippen LogP contribution in [0.4, 0.5) is 8.78 Å². The highest BCUT2D eigenvalue weighted by molar-refractivity contribution is 8.77. The number of nitrogens with zero attached hydrogens (tertiary/aromatic N) is 4. The Morgan fingerprint density at radius 1 is 1.10 bits per heavy atom. The van der Waals surface area contributed by atoms with Crippen LogP contribution in [0.15, 0.2) is 55.4 Å². The van der Waals surface area contributed by atoms with Crippen molar-refractivity contribution in [3.63, 3.8) is 0 Å². The number of hydrogen-bond acceptors (Lipinski definition) is 6. The van der Waals surface area contributed by atoms with Crippen LogP contribution in [-0.2, 0) is 18.6 Å². The van der Waals surface area contributed by atoms with Gasteiger partial charge in [0, 0.05) is 34.5 Å². The van der Waals surface area contributed by atoms with Gasteiger partial charge in [-0.25, -0.2) is 18.4 Å². The van der Waals surface area contributed by atoms with E-state index in [1.807, 2.05) is 19.1 Å². The minimum absolute atomic E-state index is 0.00299. The zero-order chi connectivity index (χ0) is 20.9. The van der Waals surface area contributed by atoms with E-state index in [-0.39, 0.29) is 17.4 Å². The molecule has 3 aromatic rings. The monoisotopic (exact) mass is 436 g/mol. The van der Waals surface area contributed by atoms with E-state index in [1.54, 1.807) is 23.2 Å². The predicted molar refractivity (Wildman–Crippen MR) is 112 cm³/mol. The fourth-order valence-electron chi connectivity index (χ4n) is 2.98. The lowest BCUT2D eigenvalue weighted by molar-refractivity contribution is 0.0137. The fraction of sp³-hybridized carbons (Fsp3) is 0.350. The van der Waals surface area contributed by atoms with Crippen molar-refractivity contribution in [2.45, 2.75) is 42.9 Å². The van der Waals surface area contributed by atoms with Gasteiger partial charge >= 0.3 is 0 Å². The summed E-state index contributed by atoms with van der Waals surface area (Å²) in [5.74, 6) is -1.47. The Balaban J connectivity index is 1.76. The molecule has 0 amide bonds. The van der Waals surface area contributed by atoms with Gasteiger partial charge in [-0.2, -0.15) is 5.10 Å². The van der Waals surface area contributed by atoms with Gasteiger partial charge in [0.25, 0.3) is 0 Å². The molecule has 2 heterocycles. The maximum Gasteiger partial charge on any atom is 0.137 e.